The topological polar surface area (TPSA) is 111 Å². The molecule has 5 rings (SSSR count). The molecule has 1 fully saturated rings. The molecule has 1 aliphatic rings. The third-order valence-electron chi connectivity index (χ3n) is 5.82. The highest BCUT2D eigenvalue weighted by Crippen LogP contribution is 2.35. The van der Waals surface area contributed by atoms with Gasteiger partial charge in [0.25, 0.3) is 0 Å². The van der Waals surface area contributed by atoms with Crippen LogP contribution in [0.5, 0.6) is 17.2 Å². The molecule has 174 valence electrons. The molecule has 1 unspecified atom stereocenters. The first-order valence-electron chi connectivity index (χ1n) is 11.1. The van der Waals surface area contributed by atoms with Gasteiger partial charge in [-0.1, -0.05) is 12.1 Å². The van der Waals surface area contributed by atoms with Gasteiger partial charge in [-0.25, -0.2) is 14.5 Å². The van der Waals surface area contributed by atoms with Crippen molar-refractivity contribution < 1.29 is 19.4 Å². The molecule has 9 nitrogen and oxygen atoms in total. The Labute approximate surface area is 196 Å². The maximum absolute atomic E-state index is 11.2. The van der Waals surface area contributed by atoms with Crippen LogP contribution in [0.15, 0.2) is 60.8 Å². The van der Waals surface area contributed by atoms with E-state index >= 15 is 0 Å². The summed E-state index contributed by atoms with van der Waals surface area (Å²) >= 11 is 0. The largest absolute Gasteiger partial charge is 0.497 e. The van der Waals surface area contributed by atoms with Crippen LogP contribution in [0, 0.1) is 0 Å². The highest BCUT2D eigenvalue weighted by atomic mass is 16.5. The maximum Gasteiger partial charge on any atom is 0.335 e. The lowest BCUT2D eigenvalue weighted by molar-refractivity contribution is 0.0697. The van der Waals surface area contributed by atoms with Crippen molar-refractivity contribution in [3.05, 3.63) is 71.9 Å². The number of pyridine rings is 1. The number of methoxy groups -OCH3 is 1. The van der Waals surface area contributed by atoms with E-state index in [1.807, 2.05) is 28.9 Å². The van der Waals surface area contributed by atoms with E-state index in [-0.39, 0.29) is 11.6 Å². The van der Waals surface area contributed by atoms with Gasteiger partial charge in [-0.05, 0) is 54.9 Å². The Bertz CT molecular complexity index is 1300. The molecule has 0 saturated carbocycles. The van der Waals surface area contributed by atoms with Gasteiger partial charge in [0.1, 0.15) is 22.6 Å². The third-order valence-corrected chi connectivity index (χ3v) is 5.82. The van der Waals surface area contributed by atoms with Gasteiger partial charge in [0.2, 0.25) is 0 Å². The fraction of sp³-hybridized carbons (Fsp3) is 0.240. The number of benzene rings is 2. The number of aromatic carboxylic acids is 1. The van der Waals surface area contributed by atoms with Crippen LogP contribution in [0.1, 0.15) is 22.3 Å². The number of nitrogens with one attached hydrogen (secondary N) is 2. The first kappa shape index (κ1) is 21.7. The highest BCUT2D eigenvalue weighted by Gasteiger charge is 2.22. The zero-order valence-corrected chi connectivity index (χ0v) is 18.7. The number of carboxylic acids is 1. The minimum atomic E-state index is -0.977. The Morgan fingerprint density at radius 2 is 1.91 bits per heavy atom. The maximum atomic E-state index is 11.2. The number of hydrogen-bond acceptors (Lipinski definition) is 7. The van der Waals surface area contributed by atoms with E-state index in [0.29, 0.717) is 29.5 Å². The number of aromatic nitrogens is 3. The number of carbonyl (C=O) groups is 1. The van der Waals surface area contributed by atoms with E-state index < -0.39 is 5.97 Å². The molecular weight excluding hydrogens is 434 g/mol. The summed E-state index contributed by atoms with van der Waals surface area (Å²) in [4.78, 5) is 15.8. The van der Waals surface area contributed by atoms with Crippen LogP contribution in [-0.2, 0) is 6.54 Å². The number of fused-ring (bicyclic) bond motifs is 1. The summed E-state index contributed by atoms with van der Waals surface area (Å²) in [7, 11) is 1.65. The molecule has 2 aromatic heterocycles. The van der Waals surface area contributed by atoms with Crippen molar-refractivity contribution >= 4 is 22.8 Å². The Balaban J connectivity index is 1.52. The highest BCUT2D eigenvalue weighted by molar-refractivity contribution is 5.93. The van der Waals surface area contributed by atoms with Gasteiger partial charge in [-0.3, -0.25) is 0 Å². The monoisotopic (exact) mass is 459 g/mol. The van der Waals surface area contributed by atoms with Crippen molar-refractivity contribution in [3.8, 4) is 17.2 Å². The molecule has 3 heterocycles. The van der Waals surface area contributed by atoms with E-state index in [1.54, 1.807) is 31.5 Å². The average Bonchev–Trinajstić information content (AvgIpc) is 3.49. The standard InChI is InChI=1S/C25H25N5O4/c1-33-19-6-2-16(3-7-19)15-30-24-22(23(29-30)28-18-10-12-26-14-18)21(11-13-27-24)34-20-8-4-17(5-9-20)25(31)32/h2-9,11,13,18,26H,10,12,14-15H2,1H3,(H,28,29)(H,31,32). The molecule has 0 spiro atoms. The lowest BCUT2D eigenvalue weighted by Gasteiger charge is -2.12. The quantitative estimate of drug-likeness (QED) is 0.365. The summed E-state index contributed by atoms with van der Waals surface area (Å²) in [5.74, 6) is 1.67. The van der Waals surface area contributed by atoms with Crippen LogP contribution in [0.3, 0.4) is 0 Å². The smallest absolute Gasteiger partial charge is 0.335 e. The summed E-state index contributed by atoms with van der Waals surface area (Å²) in [6.07, 6.45) is 2.69. The predicted octanol–water partition coefficient (Wildman–Crippen LogP) is 3.75. The second kappa shape index (κ2) is 9.40. The molecule has 0 bridgehead atoms. The van der Waals surface area contributed by atoms with Crippen molar-refractivity contribution in [2.45, 2.75) is 19.0 Å². The molecule has 34 heavy (non-hydrogen) atoms. The minimum Gasteiger partial charge on any atom is -0.497 e. The van der Waals surface area contributed by atoms with Crippen LogP contribution in [0.2, 0.25) is 0 Å². The molecule has 4 aromatic rings. The second-order valence-corrected chi connectivity index (χ2v) is 8.13. The summed E-state index contributed by atoms with van der Waals surface area (Å²) in [6.45, 7) is 2.36. The fourth-order valence-corrected chi connectivity index (χ4v) is 4.03. The second-order valence-electron chi connectivity index (χ2n) is 8.13. The van der Waals surface area contributed by atoms with Crippen molar-refractivity contribution in [1.29, 1.82) is 0 Å². The minimum absolute atomic E-state index is 0.204. The lowest BCUT2D eigenvalue weighted by atomic mass is 10.2. The van der Waals surface area contributed by atoms with Gasteiger partial charge in [-0.2, -0.15) is 5.10 Å². The van der Waals surface area contributed by atoms with E-state index in [9.17, 15) is 4.79 Å². The van der Waals surface area contributed by atoms with Gasteiger partial charge in [0.05, 0.1) is 19.2 Å². The normalized spacial score (nSPS) is 15.4. The SMILES string of the molecule is COc1ccc(Cn2nc(NC3CCNC3)c3c(Oc4ccc(C(=O)O)cc4)ccnc32)cc1. The van der Waals surface area contributed by atoms with E-state index in [2.05, 4.69) is 15.6 Å². The van der Waals surface area contributed by atoms with Crippen LogP contribution >= 0.6 is 0 Å². The molecule has 1 saturated heterocycles. The lowest BCUT2D eigenvalue weighted by Crippen LogP contribution is -2.22. The molecule has 1 aliphatic heterocycles. The molecule has 0 radical (unpaired) electrons. The van der Waals surface area contributed by atoms with Crippen molar-refractivity contribution in [3.63, 3.8) is 0 Å². The third kappa shape index (κ3) is 4.51. The number of ether oxygens (including phenoxy) is 2. The van der Waals surface area contributed by atoms with Gasteiger partial charge < -0.3 is 25.2 Å². The Hall–Kier alpha value is -4.11. The van der Waals surface area contributed by atoms with E-state index in [4.69, 9.17) is 19.7 Å². The number of hydrogen-bond donors (Lipinski definition) is 3. The van der Waals surface area contributed by atoms with Crippen LogP contribution in [0.25, 0.3) is 11.0 Å². The van der Waals surface area contributed by atoms with Crippen molar-refractivity contribution in [2.24, 2.45) is 0 Å². The fourth-order valence-electron chi connectivity index (χ4n) is 4.03. The number of rotatable bonds is 8. The summed E-state index contributed by atoms with van der Waals surface area (Å²) in [5, 5.41) is 21.7. The molecule has 1 atom stereocenters. The average molecular weight is 460 g/mol. The zero-order valence-electron chi connectivity index (χ0n) is 18.7. The van der Waals surface area contributed by atoms with Gasteiger partial charge in [0.15, 0.2) is 11.5 Å². The molecule has 2 aromatic carbocycles. The first-order chi connectivity index (χ1) is 16.6. The van der Waals surface area contributed by atoms with Crippen molar-refractivity contribution in [2.75, 3.05) is 25.5 Å². The number of nitrogens with zero attached hydrogens (tertiary/aromatic N) is 3. The number of carboxylic acid groups (broad SMARTS) is 1. The summed E-state index contributed by atoms with van der Waals surface area (Å²) in [5.41, 5.74) is 1.97. The molecule has 3 N–H and O–H groups in total. The zero-order chi connectivity index (χ0) is 23.5. The Kier molecular flexibility index (Phi) is 6.01. The van der Waals surface area contributed by atoms with Crippen molar-refractivity contribution in [1.82, 2.24) is 20.1 Å². The Morgan fingerprint density at radius 3 is 2.59 bits per heavy atom. The number of anilines is 1. The van der Waals surface area contributed by atoms with E-state index in [1.165, 1.54) is 12.1 Å². The summed E-state index contributed by atoms with van der Waals surface area (Å²) < 4.78 is 13.3. The first-order valence-corrected chi connectivity index (χ1v) is 11.1. The van der Waals surface area contributed by atoms with Gasteiger partial charge >= 0.3 is 5.97 Å². The molecule has 0 amide bonds. The Morgan fingerprint density at radius 1 is 1.15 bits per heavy atom. The molecular formula is C25H25N5O4. The molecule has 9 heteroatoms. The van der Waals surface area contributed by atoms with Crippen LogP contribution in [-0.4, -0.2) is 52.1 Å². The van der Waals surface area contributed by atoms with Gasteiger partial charge in [0, 0.05) is 24.8 Å². The van der Waals surface area contributed by atoms with Crippen LogP contribution in [0.4, 0.5) is 5.82 Å². The predicted molar refractivity (Wildman–Crippen MR) is 128 cm³/mol. The van der Waals surface area contributed by atoms with Gasteiger partial charge in [-0.15, -0.1) is 0 Å². The van der Waals surface area contributed by atoms with E-state index in [0.717, 1.165) is 36.2 Å². The molecule has 0 aliphatic carbocycles. The van der Waals surface area contributed by atoms with Crippen LogP contribution < -0.4 is 20.1 Å². The summed E-state index contributed by atoms with van der Waals surface area (Å²) in [6, 6.07) is 16.2.